The number of ether oxygens (including phenoxy) is 4. The van der Waals surface area contributed by atoms with Crippen LogP contribution in [-0.2, 0) is 9.47 Å². The Hall–Kier alpha value is -4.62. The number of fused-ring (bicyclic) bond motifs is 4. The summed E-state index contributed by atoms with van der Waals surface area (Å²) in [6.07, 6.45) is 4.08. The molecule has 326 valence electrons. The molecule has 2 bridgehead atoms. The molecule has 15 heteroatoms. The first-order valence-electron chi connectivity index (χ1n) is 21.7. The minimum Gasteiger partial charge on any atom is -0.468 e. The summed E-state index contributed by atoms with van der Waals surface area (Å²) in [4.78, 5) is 32.6. The number of pyridine rings is 1. The number of anilines is 1. The number of piperazine rings is 1. The highest BCUT2D eigenvalue weighted by molar-refractivity contribution is 6.90. The Bertz CT molecular complexity index is 2320. The van der Waals surface area contributed by atoms with Crippen molar-refractivity contribution in [3.63, 3.8) is 0 Å². The lowest BCUT2D eigenvalue weighted by Crippen LogP contribution is -2.55. The number of rotatable bonds is 13. The zero-order valence-corrected chi connectivity index (χ0v) is 37.4. The van der Waals surface area contributed by atoms with E-state index in [-0.39, 0.29) is 47.1 Å². The fourth-order valence-electron chi connectivity index (χ4n) is 10.4. The van der Waals surface area contributed by atoms with Gasteiger partial charge in [-0.2, -0.15) is 9.97 Å². The summed E-state index contributed by atoms with van der Waals surface area (Å²) < 4.78 is 57.2. The molecule has 2 unspecified atom stereocenters. The minimum absolute atomic E-state index is 0.00212. The summed E-state index contributed by atoms with van der Waals surface area (Å²) in [5.41, 5.74) is 4.99. The van der Waals surface area contributed by atoms with Gasteiger partial charge in [0.25, 0.3) is 0 Å². The number of hydrogen-bond acceptors (Lipinski definition) is 10. The van der Waals surface area contributed by atoms with Gasteiger partial charge in [-0.15, -0.1) is 5.54 Å². The molecule has 61 heavy (non-hydrogen) atoms. The number of amides is 1. The van der Waals surface area contributed by atoms with Crippen LogP contribution >= 0.6 is 0 Å². The molecule has 2 atom stereocenters. The van der Waals surface area contributed by atoms with Gasteiger partial charge in [0.2, 0.25) is 0 Å². The molecule has 2 aromatic carbocycles. The number of morpholine rings is 1. The molecule has 1 amide bonds. The van der Waals surface area contributed by atoms with Gasteiger partial charge in [-0.25, -0.2) is 13.6 Å². The van der Waals surface area contributed by atoms with Gasteiger partial charge < -0.3 is 29.0 Å². The average Bonchev–Trinajstić information content (AvgIpc) is 3.94. The Kier molecular flexibility index (Phi) is 12.2. The predicted molar refractivity (Wildman–Crippen MR) is 234 cm³/mol. The molecular formula is C46H58F2N6O6Si. The van der Waals surface area contributed by atoms with Crippen LogP contribution in [0.15, 0.2) is 30.5 Å². The maximum Gasteiger partial charge on any atom is 0.407 e. The van der Waals surface area contributed by atoms with Gasteiger partial charge in [0.1, 0.15) is 36.7 Å². The van der Waals surface area contributed by atoms with E-state index in [0.717, 1.165) is 45.3 Å². The van der Waals surface area contributed by atoms with E-state index in [1.54, 1.807) is 24.4 Å². The lowest BCUT2D eigenvalue weighted by Gasteiger charge is -2.40. The van der Waals surface area contributed by atoms with Crippen LogP contribution < -0.4 is 14.4 Å². The topological polar surface area (TPSA) is 123 Å². The van der Waals surface area contributed by atoms with Crippen LogP contribution in [-0.4, -0.2) is 123 Å². The third kappa shape index (κ3) is 8.24. The summed E-state index contributed by atoms with van der Waals surface area (Å²) in [6, 6.07) is 6.06. The van der Waals surface area contributed by atoms with E-state index in [2.05, 4.69) is 57.9 Å². The molecule has 5 heterocycles. The Morgan fingerprint density at radius 3 is 2.31 bits per heavy atom. The van der Waals surface area contributed by atoms with E-state index >= 15 is 8.78 Å². The van der Waals surface area contributed by atoms with Crippen molar-refractivity contribution >= 4 is 41.7 Å². The Balaban J connectivity index is 1.28. The smallest absolute Gasteiger partial charge is 0.407 e. The first kappa shape index (κ1) is 43.0. The number of hydrogen-bond donors (Lipinski definition) is 1. The molecule has 3 saturated heterocycles. The van der Waals surface area contributed by atoms with E-state index in [1.807, 2.05) is 4.90 Å². The Morgan fingerprint density at radius 1 is 1.00 bits per heavy atom. The molecule has 1 saturated carbocycles. The summed E-state index contributed by atoms with van der Waals surface area (Å²) >= 11 is 0. The number of methoxy groups -OCH3 is 1. The van der Waals surface area contributed by atoms with Crippen molar-refractivity contribution in [2.24, 2.45) is 5.41 Å². The largest absolute Gasteiger partial charge is 0.468 e. The number of nitrogens with zero attached hydrogens (tertiary/aromatic N) is 6. The van der Waals surface area contributed by atoms with E-state index < -0.39 is 25.8 Å². The SMILES string of the molecule is COCOc1cc(-c2ncc3c(N4CC5CCC(C4)N5C(=O)O)nc(OCC4(CN5CCOCC5)CC4)nc3c2F)c2c(C#C[Si](C(C)C)(C(C)C)C(C)C)c(F)ccc2c1. The van der Waals surface area contributed by atoms with Gasteiger partial charge in [-0.05, 0) is 65.9 Å². The van der Waals surface area contributed by atoms with E-state index in [1.165, 1.54) is 18.1 Å². The van der Waals surface area contributed by atoms with Crippen molar-refractivity contribution in [2.75, 3.05) is 71.3 Å². The number of benzene rings is 2. The van der Waals surface area contributed by atoms with Gasteiger partial charge in [-0.3, -0.25) is 14.8 Å². The van der Waals surface area contributed by atoms with Crippen molar-refractivity contribution in [1.29, 1.82) is 0 Å². The molecule has 12 nitrogen and oxygen atoms in total. The van der Waals surface area contributed by atoms with E-state index in [4.69, 9.17) is 33.9 Å². The van der Waals surface area contributed by atoms with Crippen molar-refractivity contribution in [1.82, 2.24) is 24.8 Å². The maximum absolute atomic E-state index is 17.7. The van der Waals surface area contributed by atoms with Gasteiger partial charge in [0.05, 0.1) is 42.9 Å². The molecule has 0 spiro atoms. The summed E-state index contributed by atoms with van der Waals surface area (Å²) in [7, 11) is -0.791. The highest BCUT2D eigenvalue weighted by Gasteiger charge is 2.46. The highest BCUT2D eigenvalue weighted by Crippen LogP contribution is 2.47. The van der Waals surface area contributed by atoms with Crippen LogP contribution in [0.25, 0.3) is 32.9 Å². The standard InChI is InChI=1S/C46H58F2N6O6Si/c1-28(2)61(29(3)4,30(5)6)19-12-35-38(47)11-8-31-20-34(60-27-57-7)21-36(39(31)35)41-40(48)42-37(22-49-41)43(53-23-32-9-10-33(24-53)54(32)45(55)56)51-44(50-42)59-26-46(13-14-46)25-52-15-17-58-18-16-52/h8,11,20-22,28-30,32-33H,9-10,13-18,23-27H2,1-7H3,(H,55,56). The van der Waals surface area contributed by atoms with Gasteiger partial charge >= 0.3 is 12.1 Å². The molecule has 0 radical (unpaired) electrons. The van der Waals surface area contributed by atoms with Crippen LogP contribution in [0.5, 0.6) is 11.8 Å². The third-order valence-electron chi connectivity index (χ3n) is 13.7. The van der Waals surface area contributed by atoms with Gasteiger partial charge in [-0.1, -0.05) is 53.5 Å². The summed E-state index contributed by atoms with van der Waals surface area (Å²) in [6.45, 7) is 18.3. The second-order valence-electron chi connectivity index (χ2n) is 18.4. The van der Waals surface area contributed by atoms with E-state index in [0.29, 0.717) is 82.8 Å². The van der Waals surface area contributed by atoms with Crippen LogP contribution in [0.1, 0.15) is 72.8 Å². The number of aromatic nitrogens is 3. The molecule has 3 aliphatic heterocycles. The van der Waals surface area contributed by atoms with Crippen LogP contribution in [0.2, 0.25) is 16.6 Å². The predicted octanol–water partition coefficient (Wildman–Crippen LogP) is 8.50. The fraction of sp³-hybridized carbons (Fsp3) is 0.565. The molecule has 4 aliphatic rings. The monoisotopic (exact) mass is 856 g/mol. The minimum atomic E-state index is -2.31. The molecule has 1 N–H and O–H groups in total. The lowest BCUT2D eigenvalue weighted by atomic mass is 9.95. The summed E-state index contributed by atoms with van der Waals surface area (Å²) in [5.74, 6) is 2.93. The van der Waals surface area contributed by atoms with Crippen LogP contribution in [0.4, 0.5) is 19.4 Å². The molecule has 4 fully saturated rings. The van der Waals surface area contributed by atoms with Crippen molar-refractivity contribution in [3.05, 3.63) is 47.7 Å². The molecule has 1 aliphatic carbocycles. The zero-order chi connectivity index (χ0) is 43.2. The lowest BCUT2D eigenvalue weighted by molar-refractivity contribution is 0.0231. The number of carboxylic acid groups (broad SMARTS) is 1. The van der Waals surface area contributed by atoms with Gasteiger partial charge in [0.15, 0.2) is 12.6 Å². The Labute approximate surface area is 357 Å². The summed E-state index contributed by atoms with van der Waals surface area (Å²) in [5, 5.41) is 11.4. The van der Waals surface area contributed by atoms with Crippen molar-refractivity contribution in [3.8, 4) is 34.5 Å². The molecular weight excluding hydrogens is 799 g/mol. The maximum atomic E-state index is 17.7. The number of halogens is 2. The second kappa shape index (κ2) is 17.3. The number of carbonyl (C=O) groups is 1. The normalized spacial score (nSPS) is 20.2. The van der Waals surface area contributed by atoms with Crippen LogP contribution in [0.3, 0.4) is 0 Å². The first-order chi connectivity index (χ1) is 29.2. The highest BCUT2D eigenvalue weighted by atomic mass is 28.3. The molecule has 2 aromatic heterocycles. The zero-order valence-electron chi connectivity index (χ0n) is 36.4. The third-order valence-corrected chi connectivity index (χ3v) is 20.0. The molecule has 4 aromatic rings. The van der Waals surface area contributed by atoms with E-state index in [9.17, 15) is 9.90 Å². The van der Waals surface area contributed by atoms with Crippen LogP contribution in [0, 0.1) is 28.5 Å². The molecule has 8 rings (SSSR count). The average molecular weight is 857 g/mol. The second-order valence-corrected chi connectivity index (χ2v) is 23.9. The van der Waals surface area contributed by atoms with Crippen molar-refractivity contribution < 1.29 is 37.6 Å². The van der Waals surface area contributed by atoms with Gasteiger partial charge in [0, 0.05) is 62.4 Å². The first-order valence-corrected chi connectivity index (χ1v) is 23.9. The van der Waals surface area contributed by atoms with Crippen molar-refractivity contribution in [2.45, 2.75) is 95.9 Å². The fourth-order valence-corrected chi connectivity index (χ4v) is 15.6. The quantitative estimate of drug-likeness (QED) is 0.0792. The Morgan fingerprint density at radius 2 is 1.69 bits per heavy atom.